The van der Waals surface area contributed by atoms with Gasteiger partial charge in [0, 0.05) is 37.3 Å². The first-order valence-electron chi connectivity index (χ1n) is 9.90. The van der Waals surface area contributed by atoms with Crippen LogP contribution >= 0.6 is 24.0 Å². The molecule has 0 saturated carbocycles. The number of carbonyl (C=O) groups is 1. The predicted octanol–water partition coefficient (Wildman–Crippen LogP) is 3.32. The van der Waals surface area contributed by atoms with E-state index in [0.29, 0.717) is 32.0 Å². The van der Waals surface area contributed by atoms with Crippen molar-refractivity contribution < 1.29 is 14.3 Å². The van der Waals surface area contributed by atoms with Gasteiger partial charge >= 0.3 is 0 Å². The van der Waals surface area contributed by atoms with Crippen LogP contribution in [0.4, 0.5) is 10.1 Å². The number of benzene rings is 2. The van der Waals surface area contributed by atoms with Gasteiger partial charge in [-0.1, -0.05) is 18.2 Å². The molecule has 0 aromatic heterocycles. The number of hydrogen-bond acceptors (Lipinski definition) is 3. The lowest BCUT2D eigenvalue weighted by Crippen LogP contribution is -2.36. The van der Waals surface area contributed by atoms with Gasteiger partial charge in [-0.3, -0.25) is 4.79 Å². The van der Waals surface area contributed by atoms with Gasteiger partial charge in [-0.05, 0) is 48.7 Å². The van der Waals surface area contributed by atoms with Crippen molar-refractivity contribution in [3.8, 4) is 0 Å². The Kier molecular flexibility index (Phi) is 9.51. The summed E-state index contributed by atoms with van der Waals surface area (Å²) in [7, 11) is 0. The minimum absolute atomic E-state index is 0. The first-order valence-corrected chi connectivity index (χ1v) is 9.90. The first kappa shape index (κ1) is 24.1. The van der Waals surface area contributed by atoms with Gasteiger partial charge < -0.3 is 20.6 Å². The lowest BCUT2D eigenvalue weighted by molar-refractivity contribution is -0.117. The van der Waals surface area contributed by atoms with Gasteiger partial charge in [-0.2, -0.15) is 0 Å². The summed E-state index contributed by atoms with van der Waals surface area (Å²) in [6.07, 6.45) is 1.54. The summed E-state index contributed by atoms with van der Waals surface area (Å²) in [5.74, 6) is 0.424. The van der Waals surface area contributed by atoms with Crippen LogP contribution in [0.1, 0.15) is 36.5 Å². The van der Waals surface area contributed by atoms with Crippen molar-refractivity contribution in [3.63, 3.8) is 0 Å². The minimum atomic E-state index is -0.413. The molecular weight excluding hydrogens is 498 g/mol. The first-order chi connectivity index (χ1) is 14.1. The van der Waals surface area contributed by atoms with Crippen LogP contribution < -0.4 is 15.5 Å². The molecule has 1 amide bonds. The van der Waals surface area contributed by atoms with E-state index in [1.807, 2.05) is 36.1 Å². The van der Waals surface area contributed by atoms with Crippen LogP contribution in [-0.2, 0) is 24.5 Å². The predicted molar refractivity (Wildman–Crippen MR) is 127 cm³/mol. The molecule has 1 aliphatic rings. The van der Waals surface area contributed by atoms with Crippen LogP contribution in [0.3, 0.4) is 0 Å². The SMILES string of the molecule is CCNC(=NCc1ccc(F)c(CO)c1)NCc1ccc(N2CCCC2=O)cc1.I. The monoisotopic (exact) mass is 526 g/mol. The summed E-state index contributed by atoms with van der Waals surface area (Å²) in [6, 6.07) is 12.6. The van der Waals surface area contributed by atoms with E-state index in [0.717, 1.165) is 29.8 Å². The zero-order chi connectivity index (χ0) is 20.6. The lowest BCUT2D eigenvalue weighted by atomic mass is 10.1. The average molecular weight is 526 g/mol. The zero-order valence-corrected chi connectivity index (χ0v) is 19.4. The summed E-state index contributed by atoms with van der Waals surface area (Å²) >= 11 is 0. The number of aliphatic hydroxyl groups is 1. The van der Waals surface area contributed by atoms with E-state index in [4.69, 9.17) is 0 Å². The summed E-state index contributed by atoms with van der Waals surface area (Å²) in [5.41, 5.74) is 3.11. The number of anilines is 1. The van der Waals surface area contributed by atoms with Crippen LogP contribution in [0, 0.1) is 5.82 Å². The molecular formula is C22H28FIN4O2. The molecule has 1 heterocycles. The Bertz CT molecular complexity index is 874. The lowest BCUT2D eigenvalue weighted by Gasteiger charge is -2.16. The number of aliphatic imine (C=N–C) groups is 1. The average Bonchev–Trinajstić information content (AvgIpc) is 3.17. The van der Waals surface area contributed by atoms with Crippen molar-refractivity contribution in [1.29, 1.82) is 0 Å². The van der Waals surface area contributed by atoms with Gasteiger partial charge in [0.2, 0.25) is 5.91 Å². The Morgan fingerprint density at radius 3 is 2.53 bits per heavy atom. The number of aliphatic hydroxyl groups excluding tert-OH is 1. The van der Waals surface area contributed by atoms with Crippen molar-refractivity contribution >= 4 is 41.5 Å². The molecule has 2 aromatic carbocycles. The third-order valence-corrected chi connectivity index (χ3v) is 4.83. The van der Waals surface area contributed by atoms with Crippen molar-refractivity contribution in [2.45, 2.75) is 39.5 Å². The number of amides is 1. The van der Waals surface area contributed by atoms with E-state index in [1.54, 1.807) is 12.1 Å². The topological polar surface area (TPSA) is 77.0 Å². The molecule has 2 aromatic rings. The van der Waals surface area contributed by atoms with Crippen LogP contribution in [0.25, 0.3) is 0 Å². The second-order valence-corrected chi connectivity index (χ2v) is 6.95. The Labute approximate surface area is 193 Å². The molecule has 0 unspecified atom stereocenters. The van der Waals surface area contributed by atoms with Crippen LogP contribution in [-0.4, -0.2) is 30.1 Å². The van der Waals surface area contributed by atoms with Crippen molar-refractivity contribution in [2.24, 2.45) is 4.99 Å². The normalized spacial score (nSPS) is 13.9. The van der Waals surface area contributed by atoms with Gasteiger partial charge in [-0.25, -0.2) is 9.38 Å². The molecule has 0 atom stereocenters. The molecule has 1 aliphatic heterocycles. The maximum absolute atomic E-state index is 13.5. The molecule has 1 saturated heterocycles. The highest BCUT2D eigenvalue weighted by molar-refractivity contribution is 14.0. The van der Waals surface area contributed by atoms with Gasteiger partial charge in [0.15, 0.2) is 5.96 Å². The summed E-state index contributed by atoms with van der Waals surface area (Å²) in [6.45, 7) is 4.12. The highest BCUT2D eigenvalue weighted by atomic mass is 127. The Morgan fingerprint density at radius 2 is 1.90 bits per heavy atom. The van der Waals surface area contributed by atoms with Gasteiger partial charge in [-0.15, -0.1) is 24.0 Å². The van der Waals surface area contributed by atoms with E-state index < -0.39 is 5.82 Å². The number of hydrogen-bond donors (Lipinski definition) is 3. The second-order valence-electron chi connectivity index (χ2n) is 6.95. The van der Waals surface area contributed by atoms with Crippen molar-refractivity contribution in [2.75, 3.05) is 18.0 Å². The van der Waals surface area contributed by atoms with E-state index in [9.17, 15) is 14.3 Å². The van der Waals surface area contributed by atoms with E-state index >= 15 is 0 Å². The molecule has 1 fully saturated rings. The molecule has 8 heteroatoms. The van der Waals surface area contributed by atoms with Crippen molar-refractivity contribution in [3.05, 3.63) is 65.0 Å². The van der Waals surface area contributed by atoms with Crippen LogP contribution in [0.5, 0.6) is 0 Å². The maximum atomic E-state index is 13.5. The molecule has 0 spiro atoms. The zero-order valence-electron chi connectivity index (χ0n) is 17.0. The standard InChI is InChI=1S/C22H27FN4O2.HI/c1-2-24-22(26-14-17-7-10-20(23)18(12-17)15-28)25-13-16-5-8-19(9-6-16)27-11-3-4-21(27)29;/h5-10,12,28H,2-4,11,13-15H2,1H3,(H2,24,25,26);1H. The smallest absolute Gasteiger partial charge is 0.227 e. The fourth-order valence-corrected chi connectivity index (χ4v) is 3.26. The van der Waals surface area contributed by atoms with E-state index in [-0.39, 0.29) is 42.1 Å². The molecule has 6 nitrogen and oxygen atoms in total. The van der Waals surface area contributed by atoms with E-state index in [2.05, 4.69) is 15.6 Å². The number of halogens is 2. The molecule has 30 heavy (non-hydrogen) atoms. The molecule has 0 bridgehead atoms. The molecule has 0 aliphatic carbocycles. The van der Waals surface area contributed by atoms with Crippen LogP contribution in [0.15, 0.2) is 47.5 Å². The Balaban J connectivity index is 0.00000320. The highest BCUT2D eigenvalue weighted by Gasteiger charge is 2.21. The minimum Gasteiger partial charge on any atom is -0.392 e. The second kappa shape index (κ2) is 11.8. The quantitative estimate of drug-likeness (QED) is 0.294. The van der Waals surface area contributed by atoms with Gasteiger partial charge in [0.05, 0.1) is 13.2 Å². The number of guanidine groups is 1. The Hall–Kier alpha value is -2.20. The molecule has 3 rings (SSSR count). The van der Waals surface area contributed by atoms with E-state index in [1.165, 1.54) is 6.07 Å². The number of carbonyl (C=O) groups excluding carboxylic acids is 1. The third-order valence-electron chi connectivity index (χ3n) is 4.83. The molecule has 0 radical (unpaired) electrons. The maximum Gasteiger partial charge on any atom is 0.227 e. The number of nitrogens with zero attached hydrogens (tertiary/aromatic N) is 2. The third kappa shape index (κ3) is 6.40. The van der Waals surface area contributed by atoms with Gasteiger partial charge in [0.1, 0.15) is 5.82 Å². The summed E-state index contributed by atoms with van der Waals surface area (Å²) < 4.78 is 13.5. The number of nitrogens with one attached hydrogen (secondary N) is 2. The summed E-state index contributed by atoms with van der Waals surface area (Å²) in [5, 5.41) is 15.7. The molecule has 162 valence electrons. The Morgan fingerprint density at radius 1 is 1.17 bits per heavy atom. The summed E-state index contributed by atoms with van der Waals surface area (Å²) in [4.78, 5) is 18.2. The highest BCUT2D eigenvalue weighted by Crippen LogP contribution is 2.21. The largest absolute Gasteiger partial charge is 0.392 e. The van der Waals surface area contributed by atoms with Gasteiger partial charge in [0.25, 0.3) is 0 Å². The number of rotatable bonds is 7. The van der Waals surface area contributed by atoms with Crippen LogP contribution in [0.2, 0.25) is 0 Å². The van der Waals surface area contributed by atoms with Crippen molar-refractivity contribution in [1.82, 2.24) is 10.6 Å². The fraction of sp³-hybridized carbons (Fsp3) is 0.364. The molecule has 3 N–H and O–H groups in total. The fourth-order valence-electron chi connectivity index (χ4n) is 3.26.